The van der Waals surface area contributed by atoms with Crippen molar-refractivity contribution < 1.29 is 9.53 Å². The zero-order valence-corrected chi connectivity index (χ0v) is 22.4. The third-order valence-electron chi connectivity index (χ3n) is 5.13. The third-order valence-corrected chi connectivity index (χ3v) is 5.13. The molecule has 33 heavy (non-hydrogen) atoms. The van der Waals surface area contributed by atoms with E-state index in [-0.39, 0.29) is 36.1 Å². The maximum absolute atomic E-state index is 12.5. The molecule has 0 radical (unpaired) electrons. The number of nitrogens with one attached hydrogen (secondary N) is 2. The van der Waals surface area contributed by atoms with E-state index in [0.29, 0.717) is 13.1 Å². The lowest BCUT2D eigenvalue weighted by molar-refractivity contribution is 0.0193. The largest absolute Gasteiger partial charge is 0.444 e. The second-order valence-electron chi connectivity index (χ2n) is 9.06. The number of carbonyl (C=O) groups excluding carboxylic acids is 1. The average molecular weight is 569 g/mol. The number of benzene rings is 1. The highest BCUT2D eigenvalue weighted by molar-refractivity contribution is 14.0. The predicted molar refractivity (Wildman–Crippen MR) is 142 cm³/mol. The van der Waals surface area contributed by atoms with Gasteiger partial charge in [-0.3, -0.25) is 0 Å². The summed E-state index contributed by atoms with van der Waals surface area (Å²) in [6, 6.07) is 10.4. The molecule has 1 fully saturated rings. The van der Waals surface area contributed by atoms with E-state index >= 15 is 0 Å². The average Bonchev–Trinajstić information content (AvgIpc) is 3.19. The monoisotopic (exact) mass is 568 g/mol. The first-order valence-corrected chi connectivity index (χ1v) is 11.4. The molecule has 2 heterocycles. The lowest BCUT2D eigenvalue weighted by Gasteiger charge is -2.35. The number of likely N-dealkylation sites (tertiary alicyclic amines) is 1. The van der Waals surface area contributed by atoms with Crippen molar-refractivity contribution >= 4 is 36.0 Å². The normalized spacial score (nSPS) is 16.7. The Bertz CT molecular complexity index is 894. The van der Waals surface area contributed by atoms with E-state index in [1.54, 1.807) is 4.90 Å². The summed E-state index contributed by atoms with van der Waals surface area (Å²) in [6.45, 7) is 11.0. The van der Waals surface area contributed by atoms with E-state index in [0.717, 1.165) is 44.3 Å². The Morgan fingerprint density at radius 2 is 2.03 bits per heavy atom. The van der Waals surface area contributed by atoms with E-state index in [1.165, 1.54) is 5.56 Å². The molecule has 1 aliphatic rings. The van der Waals surface area contributed by atoms with Crippen molar-refractivity contribution in [1.82, 2.24) is 25.1 Å². The van der Waals surface area contributed by atoms with Gasteiger partial charge in [0.05, 0.1) is 0 Å². The zero-order chi connectivity index (χ0) is 23.0. The summed E-state index contributed by atoms with van der Waals surface area (Å²) in [5.41, 5.74) is 0.736. The molecule has 1 unspecified atom stereocenters. The van der Waals surface area contributed by atoms with Crippen molar-refractivity contribution in [2.24, 2.45) is 4.99 Å². The molecule has 1 amide bonds. The van der Waals surface area contributed by atoms with Crippen LogP contribution in [0.3, 0.4) is 0 Å². The van der Waals surface area contributed by atoms with Gasteiger partial charge in [0.15, 0.2) is 5.96 Å². The number of aromatic nitrogens is 2. The van der Waals surface area contributed by atoms with E-state index in [9.17, 15) is 4.79 Å². The molecule has 9 heteroatoms. The van der Waals surface area contributed by atoms with Crippen molar-refractivity contribution in [2.75, 3.05) is 19.6 Å². The summed E-state index contributed by atoms with van der Waals surface area (Å²) < 4.78 is 7.66. The van der Waals surface area contributed by atoms with Crippen molar-refractivity contribution in [3.63, 3.8) is 0 Å². The smallest absolute Gasteiger partial charge is 0.410 e. The highest BCUT2D eigenvalue weighted by Gasteiger charge is 2.28. The number of nitrogens with zero attached hydrogens (tertiary/aromatic N) is 4. The van der Waals surface area contributed by atoms with E-state index < -0.39 is 5.60 Å². The van der Waals surface area contributed by atoms with Crippen LogP contribution in [-0.4, -0.2) is 57.8 Å². The molecule has 1 aromatic carbocycles. The number of piperidine rings is 1. The molecule has 2 aromatic rings. The molecular weight excluding hydrogens is 531 g/mol. The van der Waals surface area contributed by atoms with Crippen LogP contribution in [0, 0.1) is 0 Å². The maximum atomic E-state index is 12.5. The Kier molecular flexibility index (Phi) is 10.5. The van der Waals surface area contributed by atoms with Gasteiger partial charge < -0.3 is 24.8 Å². The number of rotatable bonds is 6. The fourth-order valence-corrected chi connectivity index (χ4v) is 3.67. The van der Waals surface area contributed by atoms with Gasteiger partial charge in [-0.2, -0.15) is 0 Å². The first kappa shape index (κ1) is 26.9. The molecule has 0 spiro atoms. The van der Waals surface area contributed by atoms with Crippen LogP contribution in [0.5, 0.6) is 0 Å². The molecular formula is C24H37IN6O2. The van der Waals surface area contributed by atoms with Gasteiger partial charge in [-0.05, 0) is 46.1 Å². The molecule has 1 saturated heterocycles. The number of halogens is 1. The van der Waals surface area contributed by atoms with Crippen molar-refractivity contribution in [3.8, 4) is 0 Å². The Balaban J connectivity index is 0.00000385. The van der Waals surface area contributed by atoms with Gasteiger partial charge >= 0.3 is 6.09 Å². The number of ether oxygens (including phenoxy) is 1. The molecule has 0 saturated carbocycles. The topological polar surface area (TPSA) is 83.8 Å². The number of hydrogen-bond acceptors (Lipinski definition) is 4. The van der Waals surface area contributed by atoms with Crippen molar-refractivity contribution in [2.45, 2.75) is 65.3 Å². The van der Waals surface area contributed by atoms with Crippen LogP contribution in [0.2, 0.25) is 0 Å². The van der Waals surface area contributed by atoms with Gasteiger partial charge in [-0.1, -0.05) is 30.3 Å². The number of amides is 1. The van der Waals surface area contributed by atoms with Gasteiger partial charge in [0.2, 0.25) is 0 Å². The summed E-state index contributed by atoms with van der Waals surface area (Å²) in [5, 5.41) is 6.80. The van der Waals surface area contributed by atoms with Gasteiger partial charge in [-0.15, -0.1) is 24.0 Å². The van der Waals surface area contributed by atoms with Crippen LogP contribution in [0.1, 0.15) is 51.9 Å². The number of guanidine groups is 1. The van der Waals surface area contributed by atoms with Crippen molar-refractivity contribution in [1.29, 1.82) is 0 Å². The summed E-state index contributed by atoms with van der Waals surface area (Å²) in [6.07, 6.45) is 5.45. The summed E-state index contributed by atoms with van der Waals surface area (Å²) >= 11 is 0. The van der Waals surface area contributed by atoms with Crippen LogP contribution < -0.4 is 10.6 Å². The molecule has 2 N–H and O–H groups in total. The van der Waals surface area contributed by atoms with Crippen LogP contribution in [0.15, 0.2) is 47.7 Å². The minimum absolute atomic E-state index is 0. The van der Waals surface area contributed by atoms with E-state index in [2.05, 4.69) is 32.3 Å². The lowest BCUT2D eigenvalue weighted by atomic mass is 10.1. The highest BCUT2D eigenvalue weighted by Crippen LogP contribution is 2.15. The van der Waals surface area contributed by atoms with Crippen LogP contribution in [-0.2, 0) is 17.8 Å². The molecule has 1 aliphatic heterocycles. The number of imidazole rings is 1. The second kappa shape index (κ2) is 12.8. The third kappa shape index (κ3) is 8.87. The molecule has 1 aromatic heterocycles. The van der Waals surface area contributed by atoms with E-state index in [4.69, 9.17) is 9.73 Å². The second-order valence-corrected chi connectivity index (χ2v) is 9.06. The lowest BCUT2D eigenvalue weighted by Crippen LogP contribution is -2.53. The molecule has 3 rings (SSSR count). The molecule has 0 bridgehead atoms. The Morgan fingerprint density at radius 1 is 1.27 bits per heavy atom. The van der Waals surface area contributed by atoms with Crippen LogP contribution in [0.25, 0.3) is 0 Å². The molecule has 1 atom stereocenters. The Hall–Kier alpha value is -2.30. The number of aliphatic imine (C=N–C) groups is 1. The Labute approximate surface area is 214 Å². The summed E-state index contributed by atoms with van der Waals surface area (Å²) in [7, 11) is 0. The fraction of sp³-hybridized carbons (Fsp3) is 0.542. The van der Waals surface area contributed by atoms with Gasteiger partial charge in [0, 0.05) is 44.6 Å². The first-order valence-electron chi connectivity index (χ1n) is 11.4. The van der Waals surface area contributed by atoms with Crippen LogP contribution >= 0.6 is 24.0 Å². The summed E-state index contributed by atoms with van der Waals surface area (Å²) in [5.74, 6) is 1.64. The van der Waals surface area contributed by atoms with Gasteiger partial charge in [-0.25, -0.2) is 14.8 Å². The van der Waals surface area contributed by atoms with Crippen molar-refractivity contribution in [3.05, 3.63) is 54.1 Å². The SMILES string of the molecule is CCNC(=NCc1nccn1Cc1ccccc1)NC1CCCN(C(=O)OC(C)(C)C)C1.I. The van der Waals surface area contributed by atoms with Crippen LogP contribution in [0.4, 0.5) is 4.79 Å². The molecule has 8 nitrogen and oxygen atoms in total. The minimum atomic E-state index is -0.491. The van der Waals surface area contributed by atoms with Gasteiger partial charge in [0.25, 0.3) is 0 Å². The predicted octanol–water partition coefficient (Wildman–Crippen LogP) is 4.00. The fourth-order valence-electron chi connectivity index (χ4n) is 3.67. The van der Waals surface area contributed by atoms with E-state index in [1.807, 2.05) is 58.3 Å². The highest BCUT2D eigenvalue weighted by atomic mass is 127. The zero-order valence-electron chi connectivity index (χ0n) is 20.1. The molecule has 0 aliphatic carbocycles. The van der Waals surface area contributed by atoms with Gasteiger partial charge in [0.1, 0.15) is 18.0 Å². The minimum Gasteiger partial charge on any atom is -0.444 e. The summed E-state index contributed by atoms with van der Waals surface area (Å²) in [4.78, 5) is 23.5. The quantitative estimate of drug-likeness (QED) is 0.313. The standard InChI is InChI=1S/C24H36N6O2.HI/c1-5-25-22(28-20-12-9-14-30(18-20)23(31)32-24(2,3)4)27-16-21-26-13-15-29(21)17-19-10-7-6-8-11-19;/h6-8,10-11,13,15,20H,5,9,12,14,16-18H2,1-4H3,(H2,25,27,28);1H. The maximum Gasteiger partial charge on any atom is 0.410 e. The Morgan fingerprint density at radius 3 is 2.73 bits per heavy atom. The number of hydrogen-bond donors (Lipinski definition) is 2. The molecule has 182 valence electrons. The number of carbonyl (C=O) groups is 1. The first-order chi connectivity index (χ1) is 15.3.